The third-order valence-electron chi connectivity index (χ3n) is 3.13. The van der Waals surface area contributed by atoms with Crippen molar-refractivity contribution in [1.29, 1.82) is 0 Å². The van der Waals surface area contributed by atoms with Gasteiger partial charge in [-0.25, -0.2) is 0 Å². The van der Waals surface area contributed by atoms with Gasteiger partial charge in [0, 0.05) is 13.1 Å². The van der Waals surface area contributed by atoms with E-state index in [-0.39, 0.29) is 5.69 Å². The quantitative estimate of drug-likeness (QED) is 0.464. The number of aromatic amines is 1. The number of hydrogen-bond donors (Lipinski definition) is 2. The van der Waals surface area contributed by atoms with E-state index < -0.39 is 44.2 Å². The number of benzene rings is 1. The number of aryl methyl sites for hydroxylation is 1. The molecule has 1 aromatic carbocycles. The highest BCUT2D eigenvalue weighted by molar-refractivity contribution is 5.82. The number of rotatable bonds is 5. The fourth-order valence-electron chi connectivity index (χ4n) is 1.95. The molecular formula is C12H9F3N6O5. The molecule has 138 valence electrons. The van der Waals surface area contributed by atoms with Crippen molar-refractivity contribution in [3.8, 4) is 0 Å². The van der Waals surface area contributed by atoms with Gasteiger partial charge in [0.15, 0.2) is 5.69 Å². The summed E-state index contributed by atoms with van der Waals surface area (Å²) in [6, 6.07) is 2.57. The minimum Gasteiger partial charge on any atom is -0.291 e. The van der Waals surface area contributed by atoms with Gasteiger partial charge in [-0.2, -0.15) is 18.3 Å². The van der Waals surface area contributed by atoms with Crippen LogP contribution in [0.3, 0.4) is 0 Å². The van der Waals surface area contributed by atoms with Crippen molar-refractivity contribution < 1.29 is 23.0 Å². The molecule has 26 heavy (non-hydrogen) atoms. The second kappa shape index (κ2) is 6.66. The van der Waals surface area contributed by atoms with Gasteiger partial charge in [0.1, 0.15) is 5.69 Å². The maximum atomic E-state index is 12.9. The third-order valence-corrected chi connectivity index (χ3v) is 3.13. The van der Waals surface area contributed by atoms with Crippen LogP contribution in [0.4, 0.5) is 30.2 Å². The van der Waals surface area contributed by atoms with Gasteiger partial charge < -0.3 is 0 Å². The smallest absolute Gasteiger partial charge is 0.291 e. The zero-order chi connectivity index (χ0) is 19.6. The Labute approximate surface area is 141 Å². The summed E-state index contributed by atoms with van der Waals surface area (Å²) in [6.07, 6.45) is -4.30. The maximum Gasteiger partial charge on any atom is 0.433 e. The normalized spacial score (nSPS) is 11.7. The highest BCUT2D eigenvalue weighted by atomic mass is 19.4. The van der Waals surface area contributed by atoms with Crippen molar-refractivity contribution in [2.45, 2.75) is 6.18 Å². The Kier molecular flexibility index (Phi) is 4.77. The van der Waals surface area contributed by atoms with Crippen molar-refractivity contribution in [3.63, 3.8) is 0 Å². The number of halogens is 3. The number of non-ortho nitro benzene ring substituents is 1. The molecule has 2 N–H and O–H groups in total. The number of alkyl halides is 3. The Hall–Kier alpha value is -3.71. The highest BCUT2D eigenvalue weighted by Crippen LogP contribution is 2.30. The molecule has 0 amide bonds. The lowest BCUT2D eigenvalue weighted by atomic mass is 10.2. The molecular weight excluding hydrogens is 365 g/mol. The average molecular weight is 374 g/mol. The summed E-state index contributed by atoms with van der Waals surface area (Å²) in [5.74, 6) is 0. The van der Waals surface area contributed by atoms with Gasteiger partial charge in [-0.3, -0.25) is 40.2 Å². The van der Waals surface area contributed by atoms with Gasteiger partial charge in [0.2, 0.25) is 0 Å². The lowest BCUT2D eigenvalue weighted by molar-refractivity contribution is -0.393. The number of hydrazone groups is 1. The van der Waals surface area contributed by atoms with Gasteiger partial charge in [-0.1, -0.05) is 0 Å². The van der Waals surface area contributed by atoms with Crippen molar-refractivity contribution in [1.82, 2.24) is 9.78 Å². The van der Waals surface area contributed by atoms with Crippen molar-refractivity contribution in [3.05, 3.63) is 60.0 Å². The largest absolute Gasteiger partial charge is 0.433 e. The molecule has 0 bridgehead atoms. The molecule has 0 saturated carbocycles. The first-order valence-corrected chi connectivity index (χ1v) is 6.60. The van der Waals surface area contributed by atoms with Gasteiger partial charge in [0.05, 0.1) is 27.7 Å². The SMILES string of the molecule is Cn1[nH]c(C(F)(F)F)c(C=NNc2ccc([N+](=O)[O-])cc2[N+](=O)[O-])c1=O. The summed E-state index contributed by atoms with van der Waals surface area (Å²) in [5.41, 5.74) is -2.63. The molecule has 0 aliphatic rings. The first-order chi connectivity index (χ1) is 12.0. The van der Waals surface area contributed by atoms with Crippen LogP contribution in [0.2, 0.25) is 0 Å². The molecule has 0 spiro atoms. The molecule has 0 fully saturated rings. The fraction of sp³-hybridized carbons (Fsp3) is 0.167. The first-order valence-electron chi connectivity index (χ1n) is 6.60. The number of aromatic nitrogens is 2. The molecule has 0 saturated heterocycles. The molecule has 0 radical (unpaired) electrons. The molecule has 0 aliphatic carbocycles. The van der Waals surface area contributed by atoms with E-state index in [1.807, 2.05) is 5.10 Å². The Bertz CT molecular complexity index is 961. The second-order valence-corrected chi connectivity index (χ2v) is 4.85. The van der Waals surface area contributed by atoms with Crippen molar-refractivity contribution in [2.75, 3.05) is 5.43 Å². The molecule has 11 nitrogen and oxygen atoms in total. The number of nitro benzene ring substituents is 2. The molecule has 0 unspecified atom stereocenters. The van der Waals surface area contributed by atoms with E-state index in [2.05, 4.69) is 10.5 Å². The monoisotopic (exact) mass is 374 g/mol. The Balaban J connectivity index is 2.37. The molecule has 2 aromatic rings. The maximum absolute atomic E-state index is 12.9. The number of nitrogens with one attached hydrogen (secondary N) is 2. The standard InChI is InChI=1S/C12H9F3N6O5/c1-19-11(22)7(10(18-19)12(13,14)15)5-16-17-8-3-2-6(20(23)24)4-9(8)21(25)26/h2-5,17-18H,1H3. The highest BCUT2D eigenvalue weighted by Gasteiger charge is 2.37. The van der Waals surface area contributed by atoms with Crippen LogP contribution >= 0.6 is 0 Å². The fourth-order valence-corrected chi connectivity index (χ4v) is 1.95. The topological polar surface area (TPSA) is 148 Å². The summed E-state index contributed by atoms with van der Waals surface area (Å²) in [4.78, 5) is 31.5. The molecule has 2 rings (SSSR count). The molecule has 14 heteroatoms. The molecule has 1 heterocycles. The molecule has 0 aliphatic heterocycles. The molecule has 0 atom stereocenters. The van der Waals surface area contributed by atoms with Crippen molar-refractivity contribution >= 4 is 23.3 Å². The van der Waals surface area contributed by atoms with Crippen LogP contribution in [-0.4, -0.2) is 25.8 Å². The minimum absolute atomic E-state index is 0.308. The van der Waals surface area contributed by atoms with Crippen LogP contribution in [-0.2, 0) is 13.2 Å². The summed E-state index contributed by atoms with van der Waals surface area (Å²) < 4.78 is 39.2. The lowest BCUT2D eigenvalue weighted by Gasteiger charge is -2.04. The number of anilines is 1. The predicted octanol–water partition coefficient (Wildman–Crippen LogP) is 1.99. The van der Waals surface area contributed by atoms with Crippen molar-refractivity contribution in [2.24, 2.45) is 12.1 Å². The van der Waals surface area contributed by atoms with E-state index in [4.69, 9.17) is 0 Å². The van der Waals surface area contributed by atoms with E-state index >= 15 is 0 Å². The average Bonchev–Trinajstić information content (AvgIpc) is 2.83. The van der Waals surface area contributed by atoms with Crippen LogP contribution < -0.4 is 11.0 Å². The zero-order valence-electron chi connectivity index (χ0n) is 12.8. The van der Waals surface area contributed by atoms with E-state index in [0.29, 0.717) is 17.0 Å². The Morgan fingerprint density at radius 2 is 1.92 bits per heavy atom. The van der Waals surface area contributed by atoms with E-state index in [9.17, 15) is 38.2 Å². The van der Waals surface area contributed by atoms with Gasteiger partial charge in [0.25, 0.3) is 11.2 Å². The minimum atomic E-state index is -4.85. The number of nitro groups is 2. The predicted molar refractivity (Wildman–Crippen MR) is 82.0 cm³/mol. The van der Waals surface area contributed by atoms with Crippen LogP contribution in [0.15, 0.2) is 28.1 Å². The van der Waals surface area contributed by atoms with Crippen LogP contribution in [0, 0.1) is 20.2 Å². The number of H-pyrrole nitrogens is 1. The van der Waals surface area contributed by atoms with Gasteiger partial charge in [-0.05, 0) is 6.07 Å². The van der Waals surface area contributed by atoms with Gasteiger partial charge >= 0.3 is 11.9 Å². The number of hydrogen-bond acceptors (Lipinski definition) is 7. The van der Waals surface area contributed by atoms with Crippen LogP contribution in [0.25, 0.3) is 0 Å². The summed E-state index contributed by atoms with van der Waals surface area (Å²) in [7, 11) is 1.07. The van der Waals surface area contributed by atoms with E-state index in [1.54, 1.807) is 0 Å². The Morgan fingerprint density at radius 3 is 2.46 bits per heavy atom. The van der Waals surface area contributed by atoms with E-state index in [0.717, 1.165) is 19.2 Å². The van der Waals surface area contributed by atoms with Gasteiger partial charge in [-0.15, -0.1) is 0 Å². The molecule has 1 aromatic heterocycles. The number of nitrogens with zero attached hydrogens (tertiary/aromatic N) is 4. The van der Waals surface area contributed by atoms with Crippen LogP contribution in [0.1, 0.15) is 11.3 Å². The summed E-state index contributed by atoms with van der Waals surface area (Å²) in [5, 5.41) is 26.8. The Morgan fingerprint density at radius 1 is 1.27 bits per heavy atom. The lowest BCUT2D eigenvalue weighted by Crippen LogP contribution is -2.16. The summed E-state index contributed by atoms with van der Waals surface area (Å²) >= 11 is 0. The zero-order valence-corrected chi connectivity index (χ0v) is 12.8. The summed E-state index contributed by atoms with van der Waals surface area (Å²) in [6.45, 7) is 0. The van der Waals surface area contributed by atoms with Crippen LogP contribution in [0.5, 0.6) is 0 Å². The third kappa shape index (κ3) is 3.68. The second-order valence-electron chi connectivity index (χ2n) is 4.85. The van der Waals surface area contributed by atoms with E-state index in [1.165, 1.54) is 0 Å². The first kappa shape index (κ1) is 18.6.